The Hall–Kier alpha value is -2.96. The molecule has 2 N–H and O–H groups in total. The lowest BCUT2D eigenvalue weighted by Crippen LogP contribution is -2.20. The number of hydrogen-bond donors (Lipinski definition) is 2. The van der Waals surface area contributed by atoms with Gasteiger partial charge in [-0.15, -0.1) is 0 Å². The topological polar surface area (TPSA) is 81.7 Å². The zero-order valence-electron chi connectivity index (χ0n) is 15.6. The normalized spacial score (nSPS) is 10.2. The van der Waals surface area contributed by atoms with Crippen molar-refractivity contribution in [1.82, 2.24) is 4.98 Å². The van der Waals surface area contributed by atoms with Crippen LogP contribution in [0.1, 0.15) is 26.3 Å². The van der Waals surface area contributed by atoms with E-state index in [2.05, 4.69) is 15.6 Å². The van der Waals surface area contributed by atoms with Gasteiger partial charge >= 0.3 is 6.03 Å². The highest BCUT2D eigenvalue weighted by Gasteiger charge is 2.16. The van der Waals surface area contributed by atoms with Crippen molar-refractivity contribution in [3.05, 3.63) is 36.0 Å². The van der Waals surface area contributed by atoms with E-state index in [9.17, 15) is 4.79 Å². The van der Waals surface area contributed by atoms with E-state index in [1.54, 1.807) is 18.3 Å². The van der Waals surface area contributed by atoms with Gasteiger partial charge in [0.25, 0.3) is 0 Å². The van der Waals surface area contributed by atoms with Crippen LogP contribution in [0.3, 0.4) is 0 Å². The summed E-state index contributed by atoms with van der Waals surface area (Å²) in [6.45, 7) is 8.94. The molecular formula is C19H25N3O4. The first-order chi connectivity index (χ1) is 12.6. The van der Waals surface area contributed by atoms with Crippen molar-refractivity contribution >= 4 is 17.5 Å². The minimum absolute atomic E-state index is 0.402. The molecule has 1 aromatic carbocycles. The summed E-state index contributed by atoms with van der Waals surface area (Å²) in [4.78, 5) is 16.5. The van der Waals surface area contributed by atoms with Crippen molar-refractivity contribution in [2.75, 3.05) is 30.5 Å². The number of hydrogen-bond acceptors (Lipinski definition) is 5. The molecule has 1 heterocycles. The van der Waals surface area contributed by atoms with Crippen LogP contribution in [0.2, 0.25) is 0 Å². The van der Waals surface area contributed by atoms with Gasteiger partial charge < -0.3 is 19.5 Å². The van der Waals surface area contributed by atoms with Crippen LogP contribution in [-0.2, 0) is 0 Å². The number of nitrogens with one attached hydrogen (secondary N) is 2. The van der Waals surface area contributed by atoms with Crippen molar-refractivity contribution in [2.45, 2.75) is 27.7 Å². The first-order valence-corrected chi connectivity index (χ1v) is 8.65. The molecule has 0 fully saturated rings. The molecule has 2 amide bonds. The van der Waals surface area contributed by atoms with Crippen LogP contribution in [0.25, 0.3) is 0 Å². The number of ether oxygens (including phenoxy) is 3. The van der Waals surface area contributed by atoms with Gasteiger partial charge in [-0.25, -0.2) is 9.78 Å². The molecule has 0 spiro atoms. The summed E-state index contributed by atoms with van der Waals surface area (Å²) in [5, 5.41) is 5.51. The molecule has 0 bridgehead atoms. The lowest BCUT2D eigenvalue weighted by atomic mass is 10.2. The highest BCUT2D eigenvalue weighted by atomic mass is 16.5. The lowest BCUT2D eigenvalue weighted by Gasteiger charge is -2.17. The van der Waals surface area contributed by atoms with Crippen LogP contribution < -0.4 is 24.8 Å². The maximum atomic E-state index is 12.3. The summed E-state index contributed by atoms with van der Waals surface area (Å²) in [5.41, 5.74) is 1.41. The molecule has 0 aliphatic carbocycles. The van der Waals surface area contributed by atoms with Gasteiger partial charge in [-0.3, -0.25) is 5.32 Å². The fourth-order valence-electron chi connectivity index (χ4n) is 2.35. The van der Waals surface area contributed by atoms with Crippen molar-refractivity contribution in [3.8, 4) is 17.2 Å². The van der Waals surface area contributed by atoms with Crippen LogP contribution in [0, 0.1) is 6.92 Å². The van der Waals surface area contributed by atoms with Crippen LogP contribution in [0.4, 0.5) is 16.3 Å². The van der Waals surface area contributed by atoms with Crippen molar-refractivity contribution in [3.63, 3.8) is 0 Å². The number of amides is 2. The first-order valence-electron chi connectivity index (χ1n) is 8.65. The number of pyridine rings is 1. The van der Waals surface area contributed by atoms with E-state index < -0.39 is 6.03 Å². The smallest absolute Gasteiger partial charge is 0.324 e. The number of rotatable bonds is 8. The van der Waals surface area contributed by atoms with Gasteiger partial charge in [0.05, 0.1) is 25.5 Å². The van der Waals surface area contributed by atoms with Gasteiger partial charge in [-0.2, -0.15) is 0 Å². The Morgan fingerprint density at radius 1 is 1.00 bits per heavy atom. The van der Waals surface area contributed by atoms with Crippen molar-refractivity contribution in [1.29, 1.82) is 0 Å². The Morgan fingerprint density at radius 3 is 2.15 bits per heavy atom. The Kier molecular flexibility index (Phi) is 7.08. The van der Waals surface area contributed by atoms with E-state index in [1.807, 2.05) is 39.8 Å². The van der Waals surface area contributed by atoms with E-state index in [4.69, 9.17) is 14.2 Å². The van der Waals surface area contributed by atoms with E-state index in [-0.39, 0.29) is 0 Å². The minimum atomic E-state index is -0.402. The first kappa shape index (κ1) is 19.4. The summed E-state index contributed by atoms with van der Waals surface area (Å²) < 4.78 is 17.0. The zero-order chi connectivity index (χ0) is 18.9. The third kappa shape index (κ3) is 5.02. The molecule has 26 heavy (non-hydrogen) atoms. The van der Waals surface area contributed by atoms with Gasteiger partial charge in [0.1, 0.15) is 5.82 Å². The molecule has 2 aromatic rings. The molecule has 0 radical (unpaired) electrons. The fraction of sp³-hybridized carbons (Fsp3) is 0.368. The summed E-state index contributed by atoms with van der Waals surface area (Å²) >= 11 is 0. The summed E-state index contributed by atoms with van der Waals surface area (Å²) in [5.74, 6) is 2.07. The number of anilines is 2. The quantitative estimate of drug-likeness (QED) is 0.737. The van der Waals surface area contributed by atoms with Crippen LogP contribution in [-0.4, -0.2) is 30.8 Å². The molecule has 0 saturated carbocycles. The molecular weight excluding hydrogens is 334 g/mol. The van der Waals surface area contributed by atoms with Gasteiger partial charge in [-0.1, -0.05) is 6.07 Å². The average molecular weight is 359 g/mol. The second-order valence-electron chi connectivity index (χ2n) is 5.35. The number of urea groups is 1. The van der Waals surface area contributed by atoms with Gasteiger partial charge in [-0.05, 0) is 39.3 Å². The predicted molar refractivity (Wildman–Crippen MR) is 102 cm³/mol. The molecule has 140 valence electrons. The summed E-state index contributed by atoms with van der Waals surface area (Å²) in [6.07, 6.45) is 1.62. The van der Waals surface area contributed by atoms with Crippen LogP contribution in [0.15, 0.2) is 30.5 Å². The number of carbonyl (C=O) groups excluding carboxylic acids is 1. The second kappa shape index (κ2) is 9.50. The molecule has 2 rings (SSSR count). The molecule has 0 saturated heterocycles. The molecule has 7 nitrogen and oxygen atoms in total. The molecule has 0 aliphatic rings. The van der Waals surface area contributed by atoms with E-state index >= 15 is 0 Å². The predicted octanol–water partition coefficient (Wildman–Crippen LogP) is 4.23. The van der Waals surface area contributed by atoms with Gasteiger partial charge in [0, 0.05) is 18.3 Å². The van der Waals surface area contributed by atoms with Crippen molar-refractivity contribution < 1.29 is 19.0 Å². The largest absolute Gasteiger partial charge is 0.490 e. The summed E-state index contributed by atoms with van der Waals surface area (Å²) in [7, 11) is 0. The molecule has 0 unspecified atom stereocenters. The average Bonchev–Trinajstić information content (AvgIpc) is 2.60. The van der Waals surface area contributed by atoms with Crippen LogP contribution in [0.5, 0.6) is 17.2 Å². The minimum Gasteiger partial charge on any atom is -0.490 e. The van der Waals surface area contributed by atoms with E-state index in [0.29, 0.717) is 48.6 Å². The monoisotopic (exact) mass is 359 g/mol. The molecule has 0 atom stereocenters. The van der Waals surface area contributed by atoms with E-state index in [1.165, 1.54) is 0 Å². The third-order valence-electron chi connectivity index (χ3n) is 3.41. The summed E-state index contributed by atoms with van der Waals surface area (Å²) in [6, 6.07) is 6.71. The lowest BCUT2D eigenvalue weighted by molar-refractivity contribution is 0.260. The molecule has 0 aliphatic heterocycles. The maximum Gasteiger partial charge on any atom is 0.324 e. The maximum absolute atomic E-state index is 12.3. The number of benzene rings is 1. The standard InChI is InChI=1S/C19H25N3O4/c1-5-24-15-11-14(12-16(25-6-2)17(15)26-7-3)21-19(23)22-18-13(4)9-8-10-20-18/h8-12H,5-7H2,1-4H3,(H2,20,21,22,23). The second-order valence-corrected chi connectivity index (χ2v) is 5.35. The van der Waals surface area contributed by atoms with E-state index in [0.717, 1.165) is 5.56 Å². The number of aryl methyl sites for hydroxylation is 1. The molecule has 1 aromatic heterocycles. The highest BCUT2D eigenvalue weighted by molar-refractivity contribution is 6.00. The van der Waals surface area contributed by atoms with Crippen LogP contribution >= 0.6 is 0 Å². The van der Waals surface area contributed by atoms with Gasteiger partial charge in [0.15, 0.2) is 11.5 Å². The Morgan fingerprint density at radius 2 is 1.62 bits per heavy atom. The van der Waals surface area contributed by atoms with Crippen molar-refractivity contribution in [2.24, 2.45) is 0 Å². The Bertz CT molecular complexity index is 722. The molecule has 7 heteroatoms. The Balaban J connectivity index is 2.24. The number of aromatic nitrogens is 1. The number of carbonyl (C=O) groups is 1. The SMILES string of the molecule is CCOc1cc(NC(=O)Nc2ncccc2C)cc(OCC)c1OCC. The highest BCUT2D eigenvalue weighted by Crippen LogP contribution is 2.40. The zero-order valence-corrected chi connectivity index (χ0v) is 15.6. The third-order valence-corrected chi connectivity index (χ3v) is 3.41. The Labute approximate surface area is 153 Å². The fourth-order valence-corrected chi connectivity index (χ4v) is 2.35. The van der Waals surface area contributed by atoms with Gasteiger partial charge in [0.2, 0.25) is 5.75 Å². The number of nitrogens with zero attached hydrogens (tertiary/aromatic N) is 1.